The third kappa shape index (κ3) is 11.5. The van der Waals surface area contributed by atoms with Crippen LogP contribution in [0.5, 0.6) is 0 Å². The molecule has 17 aromatic carbocycles. The molecule has 0 atom stereocenters. The molecule has 0 saturated carbocycles. The first-order valence-corrected chi connectivity index (χ1v) is 35.5. The summed E-state index contributed by atoms with van der Waals surface area (Å²) < 4.78 is 6.98. The summed E-state index contributed by atoms with van der Waals surface area (Å²) in [4.78, 5) is 9.34. The Kier molecular flexibility index (Phi) is 16.6. The maximum atomic E-state index is 5.12. The second-order valence-electron chi connectivity index (χ2n) is 26.7. The average molecular weight is 1330 g/mol. The van der Waals surface area contributed by atoms with Crippen molar-refractivity contribution >= 4 is 109 Å². The molecule has 0 aliphatic heterocycles. The van der Waals surface area contributed by atoms with Crippen molar-refractivity contribution in [3.63, 3.8) is 0 Å². The normalized spacial score (nSPS) is 11.4. The van der Waals surface area contributed by atoms with Crippen LogP contribution in [-0.2, 0) is 0 Å². The third-order valence-corrected chi connectivity index (χ3v) is 20.6. The molecule has 0 spiro atoms. The van der Waals surface area contributed by atoms with Gasteiger partial charge in [0.15, 0.2) is 0 Å². The van der Waals surface area contributed by atoms with Crippen LogP contribution in [0, 0.1) is 6.92 Å². The maximum Gasteiger partial charge on any atom is 1.00 e. The van der Waals surface area contributed by atoms with Gasteiger partial charge in [-0.25, -0.2) is 4.98 Å². The molecule has 6 heteroatoms. The standard InChI is InChI=1S/C53H34N2.C36H24N2.C10H8N.Li/c1-2-16-44(17-3-1)55-50-21-11-10-20-49(50)54-53(55)38-26-22-37(23-27-38)41-30-31-47-48(34-41)52(43-29-25-36-13-5-7-15-40(36)33-43)46-19-9-8-18-45(46)51(47)42-28-24-35-12-4-6-14-39(35)32-42;1-5-13-33-29(9-1)30-10-2-6-14-34(30)37(33)27-21-17-25(18-22-27)26-19-23-28(24-20-26)38-35-15-7-3-11-31(35)32-12-4-8-16-36(32)38;1-8-4-2-5-9-6-3-7-11-10(8)9;/h1-34H;1-24H;2-7H,1H2;/q;;-1;+1. The zero-order chi connectivity index (χ0) is 69.0. The van der Waals surface area contributed by atoms with Gasteiger partial charge in [0, 0.05) is 50.4 Å². The van der Waals surface area contributed by atoms with E-state index >= 15 is 0 Å². The van der Waals surface area contributed by atoms with Gasteiger partial charge in [-0.2, -0.15) is 18.6 Å². The largest absolute Gasteiger partial charge is 1.00 e. The zero-order valence-electron chi connectivity index (χ0n) is 57.9. The summed E-state index contributed by atoms with van der Waals surface area (Å²) in [6.07, 6.45) is 1.79. The van der Waals surface area contributed by atoms with E-state index in [2.05, 4.69) is 377 Å². The van der Waals surface area contributed by atoms with Crippen molar-refractivity contribution < 1.29 is 18.9 Å². The molecule has 4 heterocycles. The molecule has 0 aliphatic rings. The van der Waals surface area contributed by atoms with Crippen molar-refractivity contribution in [3.8, 4) is 73.0 Å². The summed E-state index contributed by atoms with van der Waals surface area (Å²) in [6, 6.07) is 137. The fraction of sp³-hybridized carbons (Fsp3) is 0. The van der Waals surface area contributed by atoms with E-state index in [9.17, 15) is 0 Å². The molecule has 0 unspecified atom stereocenters. The van der Waals surface area contributed by atoms with E-state index in [1.54, 1.807) is 6.20 Å². The second kappa shape index (κ2) is 27.2. The summed E-state index contributed by atoms with van der Waals surface area (Å²) in [5.41, 5.74) is 23.3. The van der Waals surface area contributed by atoms with E-state index < -0.39 is 0 Å². The van der Waals surface area contributed by atoms with E-state index in [0.29, 0.717) is 0 Å². The van der Waals surface area contributed by atoms with Gasteiger partial charge < -0.3 is 14.1 Å². The maximum absolute atomic E-state index is 5.12. The van der Waals surface area contributed by atoms with Crippen molar-refractivity contribution in [3.05, 3.63) is 401 Å². The number of hydrogen-bond acceptors (Lipinski definition) is 2. The Morgan fingerprint density at radius 1 is 0.229 bits per heavy atom. The minimum Gasteiger partial charge on any atom is -0.320 e. The van der Waals surface area contributed by atoms with Crippen LogP contribution in [0.3, 0.4) is 0 Å². The molecular formula is C99H66LiN5. The van der Waals surface area contributed by atoms with Crippen LogP contribution in [0.25, 0.3) is 182 Å². The van der Waals surface area contributed by atoms with Gasteiger partial charge >= 0.3 is 18.9 Å². The molecule has 488 valence electrons. The predicted octanol–water partition coefficient (Wildman–Crippen LogP) is 23.3. The Morgan fingerprint density at radius 2 is 0.600 bits per heavy atom. The van der Waals surface area contributed by atoms with Gasteiger partial charge in [-0.05, 0) is 190 Å². The molecule has 21 rings (SSSR count). The number of imidazole rings is 1. The summed E-state index contributed by atoms with van der Waals surface area (Å²) in [6.45, 7) is 3.89. The first-order chi connectivity index (χ1) is 51.5. The van der Waals surface area contributed by atoms with Gasteiger partial charge in [-0.1, -0.05) is 278 Å². The van der Waals surface area contributed by atoms with Gasteiger partial charge in [0.05, 0.1) is 33.1 Å². The van der Waals surface area contributed by atoms with Crippen LogP contribution >= 0.6 is 0 Å². The Hall–Kier alpha value is -13.3. The van der Waals surface area contributed by atoms with Crippen molar-refractivity contribution in [2.45, 2.75) is 0 Å². The molecule has 0 bridgehead atoms. The minimum atomic E-state index is 0. The number of aromatic nitrogens is 5. The number of fused-ring (bicyclic) bond motifs is 12. The first kappa shape index (κ1) is 63.9. The quantitative estimate of drug-likeness (QED) is 0.0864. The first-order valence-electron chi connectivity index (χ1n) is 35.5. The molecule has 0 N–H and O–H groups in total. The molecular weight excluding hydrogens is 1270 g/mol. The van der Waals surface area contributed by atoms with Crippen LogP contribution in [-0.4, -0.2) is 23.7 Å². The van der Waals surface area contributed by atoms with Crippen LogP contribution in [0.15, 0.2) is 388 Å². The van der Waals surface area contributed by atoms with E-state index in [0.717, 1.165) is 50.1 Å². The second-order valence-corrected chi connectivity index (χ2v) is 26.7. The molecule has 105 heavy (non-hydrogen) atoms. The third-order valence-electron chi connectivity index (χ3n) is 20.6. The summed E-state index contributed by atoms with van der Waals surface area (Å²) in [5.74, 6) is 0.933. The smallest absolute Gasteiger partial charge is 0.320 e. The van der Waals surface area contributed by atoms with Gasteiger partial charge in [0.25, 0.3) is 0 Å². The fourth-order valence-corrected chi connectivity index (χ4v) is 15.7. The Balaban J connectivity index is 0.000000135. The summed E-state index contributed by atoms with van der Waals surface area (Å²) in [7, 11) is 0. The van der Waals surface area contributed by atoms with Crippen LogP contribution in [0.2, 0.25) is 0 Å². The SMILES string of the molecule is [CH2-]c1cccc2cccnc12.[Li+].c1ccc(-n2c(-c3ccc(-c4ccc5c(-c6ccc7ccccc7c6)c6ccccc6c(-c6ccc7ccccc7c6)c5c4)cc3)nc3ccccc32)cc1.c1ccc2c(c1)c1ccccc1n2-c1ccc(-c2ccc(-n3c4ccccc4c4ccccc43)cc2)cc1. The zero-order valence-corrected chi connectivity index (χ0v) is 57.9. The van der Waals surface area contributed by atoms with E-state index in [4.69, 9.17) is 4.98 Å². The molecule has 4 aromatic heterocycles. The molecule has 0 saturated heterocycles. The topological polar surface area (TPSA) is 40.6 Å². The van der Waals surface area contributed by atoms with Crippen molar-refractivity contribution in [1.29, 1.82) is 0 Å². The van der Waals surface area contributed by atoms with E-state index in [-0.39, 0.29) is 18.9 Å². The summed E-state index contributed by atoms with van der Waals surface area (Å²) >= 11 is 0. The number of pyridine rings is 1. The Labute approximate surface area is 620 Å². The van der Waals surface area contributed by atoms with Crippen LogP contribution < -0.4 is 18.9 Å². The van der Waals surface area contributed by atoms with E-state index in [1.807, 2.05) is 30.3 Å². The predicted molar refractivity (Wildman–Crippen MR) is 440 cm³/mol. The van der Waals surface area contributed by atoms with Crippen LogP contribution in [0.4, 0.5) is 0 Å². The number of benzene rings is 17. The number of nitrogens with zero attached hydrogens (tertiary/aromatic N) is 5. The number of rotatable bonds is 8. The molecule has 0 radical (unpaired) electrons. The van der Waals surface area contributed by atoms with Crippen molar-refractivity contribution in [2.24, 2.45) is 0 Å². The van der Waals surface area contributed by atoms with Gasteiger partial charge in [0.1, 0.15) is 5.82 Å². The molecule has 0 amide bonds. The fourth-order valence-electron chi connectivity index (χ4n) is 15.7. The number of hydrogen-bond donors (Lipinski definition) is 0. The molecule has 0 fully saturated rings. The Bertz CT molecular complexity index is 6580. The van der Waals surface area contributed by atoms with E-state index in [1.165, 1.54) is 137 Å². The Morgan fingerprint density at radius 3 is 1.12 bits per heavy atom. The molecule has 21 aromatic rings. The average Bonchev–Trinajstić information content (AvgIpc) is 1.15. The van der Waals surface area contributed by atoms with Crippen LogP contribution in [0.1, 0.15) is 5.56 Å². The monoisotopic (exact) mass is 1330 g/mol. The van der Waals surface area contributed by atoms with Crippen molar-refractivity contribution in [2.75, 3.05) is 0 Å². The van der Waals surface area contributed by atoms with Gasteiger partial charge in [0.2, 0.25) is 0 Å². The van der Waals surface area contributed by atoms with Crippen molar-refractivity contribution in [1.82, 2.24) is 23.7 Å². The molecule has 0 aliphatic carbocycles. The number of para-hydroxylation sites is 8. The minimum absolute atomic E-state index is 0. The van der Waals surface area contributed by atoms with Gasteiger partial charge in [-0.3, -0.25) is 4.57 Å². The summed E-state index contributed by atoms with van der Waals surface area (Å²) in [5, 5.41) is 16.3. The van der Waals surface area contributed by atoms with Gasteiger partial charge in [-0.15, -0.1) is 6.07 Å². The molecule has 5 nitrogen and oxygen atoms in total.